The largest absolute Gasteiger partial charge is 0.487 e. The van der Waals surface area contributed by atoms with Gasteiger partial charge in [0.1, 0.15) is 12.4 Å². The maximum Gasteiger partial charge on any atom is 0.130 e. The predicted molar refractivity (Wildman–Crippen MR) is 73.8 cm³/mol. The molecule has 2 aromatic rings. The molecule has 0 spiro atoms. The van der Waals surface area contributed by atoms with Gasteiger partial charge in [-0.05, 0) is 42.5 Å². The highest BCUT2D eigenvalue weighted by Crippen LogP contribution is 2.31. The first-order valence-electron chi connectivity index (χ1n) is 6.70. The Hall–Kier alpha value is -1.81. The summed E-state index contributed by atoms with van der Waals surface area (Å²) in [5, 5.41) is 0. The predicted octanol–water partition coefficient (Wildman–Crippen LogP) is 2.34. The average Bonchev–Trinajstić information content (AvgIpc) is 2.83. The lowest BCUT2D eigenvalue weighted by Crippen LogP contribution is -2.17. The summed E-state index contributed by atoms with van der Waals surface area (Å²) in [7, 11) is 1.97. The molecular weight excluding hydrogens is 238 g/mol. The fourth-order valence-corrected chi connectivity index (χ4v) is 2.58. The fourth-order valence-electron chi connectivity index (χ4n) is 2.58. The number of rotatable bonds is 3. The third kappa shape index (κ3) is 2.49. The summed E-state index contributed by atoms with van der Waals surface area (Å²) in [5.74, 6) is 0.886. The van der Waals surface area contributed by atoms with Crippen molar-refractivity contribution in [3.05, 3.63) is 47.5 Å². The van der Waals surface area contributed by atoms with Gasteiger partial charge >= 0.3 is 0 Å². The van der Waals surface area contributed by atoms with Crippen LogP contribution >= 0.6 is 0 Å². The van der Waals surface area contributed by atoms with Gasteiger partial charge in [-0.3, -0.25) is 0 Å². The van der Waals surface area contributed by atoms with E-state index in [-0.39, 0.29) is 6.04 Å². The molecule has 0 fully saturated rings. The average molecular weight is 257 g/mol. The first kappa shape index (κ1) is 12.2. The number of fused-ring (bicyclic) bond motifs is 1. The van der Waals surface area contributed by atoms with Gasteiger partial charge in [0.2, 0.25) is 0 Å². The lowest BCUT2D eigenvalue weighted by Gasteiger charge is -2.22. The SMILES string of the molecule is Cn1cncc1COc1ccc2c(c1)[C@@H](N)CCC2. The van der Waals surface area contributed by atoms with E-state index in [1.165, 1.54) is 17.5 Å². The molecule has 0 radical (unpaired) electrons. The van der Waals surface area contributed by atoms with Gasteiger partial charge in [-0.1, -0.05) is 6.07 Å². The van der Waals surface area contributed by atoms with Crippen molar-refractivity contribution in [2.24, 2.45) is 12.8 Å². The maximum absolute atomic E-state index is 6.16. The van der Waals surface area contributed by atoms with Crippen molar-refractivity contribution in [1.82, 2.24) is 9.55 Å². The van der Waals surface area contributed by atoms with Crippen molar-refractivity contribution in [3.63, 3.8) is 0 Å². The zero-order valence-electron chi connectivity index (χ0n) is 11.2. The Morgan fingerprint density at radius 1 is 1.47 bits per heavy atom. The molecule has 3 rings (SSSR count). The highest BCUT2D eigenvalue weighted by Gasteiger charge is 2.17. The van der Waals surface area contributed by atoms with E-state index in [2.05, 4.69) is 17.1 Å². The second-order valence-corrected chi connectivity index (χ2v) is 5.14. The zero-order chi connectivity index (χ0) is 13.2. The Balaban J connectivity index is 1.75. The quantitative estimate of drug-likeness (QED) is 0.918. The third-order valence-corrected chi connectivity index (χ3v) is 3.78. The van der Waals surface area contributed by atoms with Crippen molar-refractivity contribution in [3.8, 4) is 5.75 Å². The van der Waals surface area contributed by atoms with Crippen molar-refractivity contribution >= 4 is 0 Å². The van der Waals surface area contributed by atoms with Gasteiger partial charge in [-0.25, -0.2) is 4.98 Å². The number of hydrogen-bond donors (Lipinski definition) is 1. The minimum Gasteiger partial charge on any atom is -0.487 e. The number of imidazole rings is 1. The summed E-state index contributed by atoms with van der Waals surface area (Å²) in [6.07, 6.45) is 6.98. The van der Waals surface area contributed by atoms with Crippen LogP contribution in [0.15, 0.2) is 30.7 Å². The number of aryl methyl sites for hydroxylation is 2. The van der Waals surface area contributed by atoms with Gasteiger partial charge in [-0.15, -0.1) is 0 Å². The highest BCUT2D eigenvalue weighted by molar-refractivity contribution is 5.39. The van der Waals surface area contributed by atoms with Crippen LogP contribution in [0.25, 0.3) is 0 Å². The number of benzene rings is 1. The minimum atomic E-state index is 0.156. The van der Waals surface area contributed by atoms with Gasteiger partial charge < -0.3 is 15.0 Å². The van der Waals surface area contributed by atoms with Crippen molar-refractivity contribution in [1.29, 1.82) is 0 Å². The lowest BCUT2D eigenvalue weighted by atomic mass is 9.88. The molecule has 4 heteroatoms. The molecule has 1 atom stereocenters. The first-order chi connectivity index (χ1) is 9.24. The Bertz CT molecular complexity index is 577. The monoisotopic (exact) mass is 257 g/mol. The Labute approximate surface area is 113 Å². The van der Waals surface area contributed by atoms with E-state index < -0.39 is 0 Å². The molecule has 1 aromatic heterocycles. The van der Waals surface area contributed by atoms with E-state index >= 15 is 0 Å². The molecule has 1 aliphatic carbocycles. The Morgan fingerprint density at radius 2 is 2.37 bits per heavy atom. The van der Waals surface area contributed by atoms with Gasteiger partial charge in [-0.2, -0.15) is 0 Å². The second-order valence-electron chi connectivity index (χ2n) is 5.14. The molecule has 0 aliphatic heterocycles. The molecule has 2 N–H and O–H groups in total. The van der Waals surface area contributed by atoms with Gasteiger partial charge in [0.25, 0.3) is 0 Å². The molecule has 0 amide bonds. The van der Waals surface area contributed by atoms with Crippen LogP contribution in [-0.4, -0.2) is 9.55 Å². The zero-order valence-corrected chi connectivity index (χ0v) is 11.2. The van der Waals surface area contributed by atoms with Gasteiger partial charge in [0.05, 0.1) is 18.2 Å². The van der Waals surface area contributed by atoms with E-state index in [0.29, 0.717) is 6.61 Å². The molecule has 0 bridgehead atoms. The first-order valence-corrected chi connectivity index (χ1v) is 6.70. The molecule has 0 saturated carbocycles. The van der Waals surface area contributed by atoms with E-state index in [1.807, 2.05) is 23.9 Å². The topological polar surface area (TPSA) is 53.1 Å². The van der Waals surface area contributed by atoms with Crippen LogP contribution in [0.2, 0.25) is 0 Å². The van der Waals surface area contributed by atoms with E-state index in [0.717, 1.165) is 24.3 Å². The van der Waals surface area contributed by atoms with Crippen LogP contribution in [0.3, 0.4) is 0 Å². The smallest absolute Gasteiger partial charge is 0.130 e. The molecule has 19 heavy (non-hydrogen) atoms. The van der Waals surface area contributed by atoms with Crippen molar-refractivity contribution in [2.45, 2.75) is 31.9 Å². The summed E-state index contributed by atoms with van der Waals surface area (Å²) >= 11 is 0. The lowest BCUT2D eigenvalue weighted by molar-refractivity contribution is 0.296. The highest BCUT2D eigenvalue weighted by atomic mass is 16.5. The van der Waals surface area contributed by atoms with Crippen LogP contribution in [0.4, 0.5) is 0 Å². The summed E-state index contributed by atoms with van der Waals surface area (Å²) in [5.41, 5.74) is 9.83. The molecule has 0 saturated heterocycles. The number of nitrogens with zero attached hydrogens (tertiary/aromatic N) is 2. The fraction of sp³-hybridized carbons (Fsp3) is 0.400. The molecule has 1 heterocycles. The van der Waals surface area contributed by atoms with E-state index in [4.69, 9.17) is 10.5 Å². The van der Waals surface area contributed by atoms with Gasteiger partial charge in [0.15, 0.2) is 0 Å². The number of hydrogen-bond acceptors (Lipinski definition) is 3. The number of ether oxygens (including phenoxy) is 1. The Kier molecular flexibility index (Phi) is 3.25. The number of nitrogens with two attached hydrogens (primary N) is 1. The molecule has 1 aliphatic rings. The summed E-state index contributed by atoms with van der Waals surface area (Å²) in [6.45, 7) is 0.532. The van der Waals surface area contributed by atoms with Crippen LogP contribution in [0, 0.1) is 0 Å². The third-order valence-electron chi connectivity index (χ3n) is 3.78. The standard InChI is InChI=1S/C15H19N3O/c1-18-10-17-8-12(18)9-19-13-6-5-11-3-2-4-15(16)14(11)7-13/h5-8,10,15H,2-4,9,16H2,1H3/t15-/m0/s1. The summed E-state index contributed by atoms with van der Waals surface area (Å²) < 4.78 is 7.79. The Morgan fingerprint density at radius 3 is 3.16 bits per heavy atom. The molecule has 100 valence electrons. The van der Waals surface area contributed by atoms with Crippen LogP contribution in [-0.2, 0) is 20.1 Å². The van der Waals surface area contributed by atoms with E-state index in [1.54, 1.807) is 6.33 Å². The summed E-state index contributed by atoms with van der Waals surface area (Å²) in [6, 6.07) is 6.43. The van der Waals surface area contributed by atoms with Crippen LogP contribution in [0.5, 0.6) is 5.75 Å². The molecule has 0 unspecified atom stereocenters. The van der Waals surface area contributed by atoms with Gasteiger partial charge in [0, 0.05) is 13.1 Å². The molecule has 4 nitrogen and oxygen atoms in total. The number of aromatic nitrogens is 2. The molecular formula is C15H19N3O. The van der Waals surface area contributed by atoms with Crippen molar-refractivity contribution in [2.75, 3.05) is 0 Å². The maximum atomic E-state index is 6.16. The normalized spacial score (nSPS) is 18.1. The molecule has 1 aromatic carbocycles. The van der Waals surface area contributed by atoms with Crippen molar-refractivity contribution < 1.29 is 4.74 Å². The minimum absolute atomic E-state index is 0.156. The summed E-state index contributed by atoms with van der Waals surface area (Å²) in [4.78, 5) is 4.08. The van der Waals surface area contributed by atoms with E-state index in [9.17, 15) is 0 Å². The van der Waals surface area contributed by atoms with Crippen LogP contribution in [0.1, 0.15) is 35.7 Å². The van der Waals surface area contributed by atoms with Crippen LogP contribution < -0.4 is 10.5 Å². The second kappa shape index (κ2) is 5.05.